The van der Waals surface area contributed by atoms with Gasteiger partial charge in [0, 0.05) is 46.6 Å². The van der Waals surface area contributed by atoms with Crippen molar-refractivity contribution in [2.45, 2.75) is 46.8 Å². The quantitative estimate of drug-likeness (QED) is 0.0574. The molecule has 6 N–H and O–H groups in total. The maximum absolute atomic E-state index is 11.6. The molecule has 6 rings (SSSR count). The number of aliphatic hydroxyl groups is 2. The third-order valence-corrected chi connectivity index (χ3v) is 7.56. The van der Waals surface area contributed by atoms with Gasteiger partial charge < -0.3 is 39.7 Å². The van der Waals surface area contributed by atoms with Crippen molar-refractivity contribution in [3.63, 3.8) is 0 Å². The minimum absolute atomic E-state index is 0.0231. The average molecular weight is 726 g/mol. The number of esters is 2. The number of ketones is 1. The van der Waals surface area contributed by atoms with Gasteiger partial charge in [0.2, 0.25) is 0 Å². The molecule has 52 heavy (non-hydrogen) atoms. The van der Waals surface area contributed by atoms with Crippen LogP contribution in [0.15, 0.2) is 72.8 Å². The number of hydrogen-bond acceptors (Lipinski definition) is 9. The zero-order valence-corrected chi connectivity index (χ0v) is 30.2. The first-order valence-corrected chi connectivity index (χ1v) is 16.4. The number of ether oxygens (including phenoxy) is 2. The Morgan fingerprint density at radius 3 is 1.46 bits per heavy atom. The number of nitrogens with one attached hydrogen (secondary N) is 3. The summed E-state index contributed by atoms with van der Waals surface area (Å²) in [7, 11) is 3.75. The van der Waals surface area contributed by atoms with E-state index in [1.807, 2.05) is 24.3 Å². The van der Waals surface area contributed by atoms with E-state index in [9.17, 15) is 29.4 Å². The van der Waals surface area contributed by atoms with Gasteiger partial charge in [-0.3, -0.25) is 4.79 Å². The molecule has 0 bridgehead atoms. The second-order valence-electron chi connectivity index (χ2n) is 11.1. The molecule has 15 heteroatoms. The molecule has 12 nitrogen and oxygen atoms in total. The van der Waals surface area contributed by atoms with Crippen LogP contribution in [0.4, 0.5) is 0 Å². The number of fused-ring (bicyclic) bond motifs is 3. The van der Waals surface area contributed by atoms with Crippen molar-refractivity contribution in [1.82, 2.24) is 15.0 Å². The van der Waals surface area contributed by atoms with Crippen molar-refractivity contribution < 1.29 is 44.0 Å². The van der Waals surface area contributed by atoms with E-state index in [0.29, 0.717) is 30.2 Å². The van der Waals surface area contributed by atoms with Crippen molar-refractivity contribution in [2.24, 2.45) is 0 Å². The Morgan fingerprint density at radius 1 is 0.712 bits per heavy atom. The maximum atomic E-state index is 11.6. The van der Waals surface area contributed by atoms with Crippen LogP contribution in [0.3, 0.4) is 0 Å². The van der Waals surface area contributed by atoms with Crippen molar-refractivity contribution in [3.8, 4) is 0 Å². The fourth-order valence-corrected chi connectivity index (χ4v) is 5.30. The molecule has 3 aromatic carbocycles. The van der Waals surface area contributed by atoms with Crippen LogP contribution >= 0.6 is 12.1 Å². The zero-order valence-electron chi connectivity index (χ0n) is 30.4. The van der Waals surface area contributed by atoms with E-state index in [1.165, 1.54) is 6.92 Å². The van der Waals surface area contributed by atoms with E-state index < -0.39 is 24.1 Å². The molecule has 0 amide bonds. The second kappa shape index (κ2) is 19.9. The topological polar surface area (TPSA) is 195 Å². The molecular weight excluding hydrogens is 684 g/mol. The summed E-state index contributed by atoms with van der Waals surface area (Å²) in [6.45, 7) is 13.1. The summed E-state index contributed by atoms with van der Waals surface area (Å²) < 4.78 is 15.1. The normalized spacial score (nSPS) is 11.5. The zero-order chi connectivity index (χ0) is 39.8. The molecular formula is C37H40B2N3O9S. The Hall–Kier alpha value is -5.37. The van der Waals surface area contributed by atoms with Gasteiger partial charge in [-0.15, -0.1) is 0 Å². The number of aromatic amines is 3. The van der Waals surface area contributed by atoms with Gasteiger partial charge in [0.15, 0.2) is 5.78 Å². The number of aromatic carboxylic acids is 1. The molecule has 0 aliphatic rings. The molecule has 3 heterocycles. The summed E-state index contributed by atoms with van der Waals surface area (Å²) in [5.74, 6) is -1.80. The minimum atomic E-state index is -0.997. The van der Waals surface area contributed by atoms with E-state index in [-0.39, 0.29) is 17.4 Å². The van der Waals surface area contributed by atoms with Crippen LogP contribution in [0, 0.1) is 0 Å². The number of aromatic nitrogens is 3. The van der Waals surface area contributed by atoms with Crippen molar-refractivity contribution in [3.05, 3.63) is 107 Å². The van der Waals surface area contributed by atoms with E-state index in [1.54, 1.807) is 76.2 Å². The Bertz CT molecular complexity index is 2160. The third kappa shape index (κ3) is 10.3. The summed E-state index contributed by atoms with van der Waals surface area (Å²) >= 11 is 3.58. The van der Waals surface area contributed by atoms with Crippen LogP contribution in [0.5, 0.6) is 0 Å². The molecule has 2 unspecified atom stereocenters. The Balaban J connectivity index is 0.000000263. The Kier molecular flexibility index (Phi) is 15.7. The number of aliphatic hydroxyl groups excluding tert-OH is 2. The number of carbonyl (C=O) groups excluding carboxylic acids is 3. The first-order chi connectivity index (χ1) is 25.4. The fraction of sp³-hybridized carbons (Fsp3) is 0.243. The summed E-state index contributed by atoms with van der Waals surface area (Å²) in [6.07, 6.45) is -1.17. The summed E-state index contributed by atoms with van der Waals surface area (Å²) in [6, 6.07) is 21.2. The first-order valence-electron chi connectivity index (χ1n) is 16.5. The first kappa shape index (κ1) is 41.1. The number of hydrogen-bond donors (Lipinski definition) is 6. The number of carboxylic acid groups (broad SMARTS) is 1. The molecule has 0 aliphatic carbocycles. The molecule has 0 fully saturated rings. The van der Waals surface area contributed by atoms with Crippen molar-refractivity contribution in [1.29, 1.82) is 1.34 Å². The average Bonchev–Trinajstić information content (AvgIpc) is 3.90. The van der Waals surface area contributed by atoms with Crippen molar-refractivity contribution >= 4 is 83.6 Å². The molecule has 269 valence electrons. The SMILES string of the molecule is CC(O)c1cccc2[nH]c(C(=O)O)cc12.CCOC(=O)c1cc2c(C(C)=O)cccc2[nH]1.CCOC(=O)c1cc2c(C(C)O)cccc2[nH]1.[3H][B].[B]=S. The van der Waals surface area contributed by atoms with Crippen LogP contribution < -0.4 is 0 Å². The summed E-state index contributed by atoms with van der Waals surface area (Å²) in [5, 5.41) is 30.3. The molecule has 3 aromatic heterocycles. The monoisotopic (exact) mass is 726 g/mol. The number of carboxylic acids is 1. The van der Waals surface area contributed by atoms with Gasteiger partial charge in [-0.2, -0.15) is 0 Å². The van der Waals surface area contributed by atoms with Crippen LogP contribution in [0.2, 0.25) is 0 Å². The van der Waals surface area contributed by atoms with Gasteiger partial charge >= 0.3 is 36.7 Å². The van der Waals surface area contributed by atoms with Gasteiger partial charge in [-0.1, -0.05) is 36.4 Å². The summed E-state index contributed by atoms with van der Waals surface area (Å²) in [4.78, 5) is 54.0. The number of carbonyl (C=O) groups is 4. The molecule has 2 atom stereocenters. The van der Waals surface area contributed by atoms with Crippen LogP contribution in [0.25, 0.3) is 32.7 Å². The van der Waals surface area contributed by atoms with Crippen LogP contribution in [0.1, 0.15) is 99.8 Å². The number of rotatable bonds is 8. The fourth-order valence-electron chi connectivity index (χ4n) is 5.30. The summed E-state index contributed by atoms with van der Waals surface area (Å²) in [5.41, 5.74) is 5.38. The third-order valence-electron chi connectivity index (χ3n) is 7.56. The van der Waals surface area contributed by atoms with Gasteiger partial charge in [0.25, 0.3) is 0 Å². The molecule has 0 saturated heterocycles. The number of benzene rings is 3. The van der Waals surface area contributed by atoms with Gasteiger partial charge in [0.05, 0.1) is 25.4 Å². The molecule has 3 radical (unpaired) electrons. The van der Waals surface area contributed by atoms with E-state index in [2.05, 4.69) is 42.1 Å². The number of Topliss-reactive ketones (excluding diaryl/α,β-unsaturated/α-hetero) is 1. The molecule has 0 spiro atoms. The van der Waals surface area contributed by atoms with E-state index in [0.717, 1.165) is 43.8 Å². The van der Waals surface area contributed by atoms with Crippen LogP contribution in [-0.2, 0) is 9.47 Å². The second-order valence-corrected chi connectivity index (χ2v) is 11.1. The predicted octanol–water partition coefficient (Wildman–Crippen LogP) is 6.48. The van der Waals surface area contributed by atoms with Gasteiger partial charge in [-0.25, -0.2) is 14.4 Å². The number of H-pyrrole nitrogens is 3. The molecule has 0 aliphatic heterocycles. The van der Waals surface area contributed by atoms with Gasteiger partial charge in [-0.05, 0) is 83.5 Å². The van der Waals surface area contributed by atoms with Crippen LogP contribution in [-0.4, -0.2) is 83.6 Å². The predicted molar refractivity (Wildman–Crippen MR) is 206 cm³/mol. The van der Waals surface area contributed by atoms with Crippen molar-refractivity contribution in [2.75, 3.05) is 13.2 Å². The Labute approximate surface area is 309 Å². The van der Waals surface area contributed by atoms with Gasteiger partial charge in [0.1, 0.15) is 17.1 Å². The Morgan fingerprint density at radius 2 is 1.08 bits per heavy atom. The molecule has 6 aromatic rings. The van der Waals surface area contributed by atoms with E-state index in [4.69, 9.17) is 15.9 Å². The molecule has 0 saturated carbocycles. The standard InChI is InChI=1S/C13H15NO3.C13H13NO3.C11H11NO3.BS.BH/c2*1-3-17-13(16)12-7-10-9(8(2)15)5-4-6-11(10)14-12;1-6(13)7-3-2-4-9-8(7)5-10(12-9)11(14)15;1-2;/h4-8,14-15H,3H2,1-2H3;4-7,14H,3H2,1-2H3;2-6,12-13H,1H3,(H,14,15);;1H/i;;;;1T. The van der Waals surface area contributed by atoms with E-state index >= 15 is 0 Å².